The number of benzene rings is 2. The van der Waals surface area contributed by atoms with Gasteiger partial charge in [0.05, 0.1) is 5.60 Å². The van der Waals surface area contributed by atoms with Crippen molar-refractivity contribution in [2.24, 2.45) is 0 Å². The normalized spacial score (nSPS) is 12.0. The Labute approximate surface area is 193 Å². The molecular weight excluding hydrogens is 457 g/mol. The Balaban J connectivity index is 1.85. The van der Waals surface area contributed by atoms with Crippen molar-refractivity contribution in [1.29, 1.82) is 0 Å². The van der Waals surface area contributed by atoms with Crippen LogP contribution in [0.1, 0.15) is 25.0 Å². The molecular formula is C23H23F3N2O4S. The minimum Gasteiger partial charge on any atom is -0.490 e. The second-order valence-corrected chi connectivity index (χ2v) is 9.10. The number of hydrogen-bond donors (Lipinski definition) is 1. The van der Waals surface area contributed by atoms with Crippen LogP contribution in [0.15, 0.2) is 63.5 Å². The van der Waals surface area contributed by atoms with Crippen molar-refractivity contribution in [3.8, 4) is 17.2 Å². The van der Waals surface area contributed by atoms with Crippen LogP contribution in [0.4, 0.5) is 13.2 Å². The Morgan fingerprint density at radius 1 is 1.09 bits per heavy atom. The first-order valence-corrected chi connectivity index (χ1v) is 10.7. The van der Waals surface area contributed by atoms with Crippen LogP contribution in [0.25, 0.3) is 5.69 Å². The lowest BCUT2D eigenvalue weighted by atomic mass is 10.1. The number of halogens is 3. The van der Waals surface area contributed by atoms with Crippen LogP contribution >= 0.6 is 11.8 Å². The first-order valence-electron chi connectivity index (χ1n) is 9.90. The number of aliphatic hydroxyl groups is 1. The van der Waals surface area contributed by atoms with E-state index in [-0.39, 0.29) is 22.9 Å². The lowest BCUT2D eigenvalue weighted by molar-refractivity contribution is -0.274. The van der Waals surface area contributed by atoms with E-state index >= 15 is 0 Å². The van der Waals surface area contributed by atoms with Crippen molar-refractivity contribution in [2.75, 3.05) is 6.61 Å². The fraction of sp³-hybridized carbons (Fsp3) is 0.304. The Kier molecular flexibility index (Phi) is 7.08. The van der Waals surface area contributed by atoms with Crippen molar-refractivity contribution < 1.29 is 27.8 Å². The lowest BCUT2D eigenvalue weighted by Gasteiger charge is -2.21. The number of hydrogen-bond acceptors (Lipinski definition) is 6. The molecule has 3 rings (SSSR count). The summed E-state index contributed by atoms with van der Waals surface area (Å²) in [5.74, 6) is 0.293. The van der Waals surface area contributed by atoms with Crippen LogP contribution in [0.3, 0.4) is 0 Å². The standard InChI is InChI=1S/C23H23F3N2O4S/c1-14-11-16(12-15(2)19(14)31-13-22(3,4)30)28-10-9-27-20(21(28)29)33-18-7-5-17(6-8-18)32-23(24,25)26/h5-12,30H,13H2,1-4H3. The maximum Gasteiger partial charge on any atom is 0.573 e. The number of aromatic nitrogens is 2. The minimum atomic E-state index is -4.77. The molecule has 0 fully saturated rings. The average molecular weight is 481 g/mol. The van der Waals surface area contributed by atoms with Gasteiger partial charge in [0.2, 0.25) is 0 Å². The number of rotatable bonds is 7. The molecule has 0 aliphatic carbocycles. The smallest absolute Gasteiger partial charge is 0.490 e. The van der Waals surface area contributed by atoms with Gasteiger partial charge in [0, 0.05) is 23.0 Å². The molecule has 6 nitrogen and oxygen atoms in total. The highest BCUT2D eigenvalue weighted by Gasteiger charge is 2.31. The van der Waals surface area contributed by atoms with E-state index in [1.54, 1.807) is 26.0 Å². The van der Waals surface area contributed by atoms with Crippen LogP contribution in [-0.4, -0.2) is 33.2 Å². The van der Waals surface area contributed by atoms with E-state index in [1.807, 2.05) is 13.8 Å². The fourth-order valence-electron chi connectivity index (χ4n) is 3.03. The highest BCUT2D eigenvalue weighted by molar-refractivity contribution is 7.99. The molecule has 3 aromatic rings. The van der Waals surface area contributed by atoms with Gasteiger partial charge in [0.1, 0.15) is 18.1 Å². The molecule has 0 spiro atoms. The quantitative estimate of drug-likeness (QED) is 0.510. The largest absolute Gasteiger partial charge is 0.573 e. The summed E-state index contributed by atoms with van der Waals surface area (Å²) in [7, 11) is 0. The Bertz CT molecular complexity index is 1160. The van der Waals surface area contributed by atoms with Gasteiger partial charge in [-0.1, -0.05) is 11.8 Å². The molecule has 1 N–H and O–H groups in total. The van der Waals surface area contributed by atoms with Crippen LogP contribution < -0.4 is 15.0 Å². The molecule has 1 heterocycles. The lowest BCUT2D eigenvalue weighted by Crippen LogP contribution is -2.28. The van der Waals surface area contributed by atoms with Gasteiger partial charge < -0.3 is 14.6 Å². The summed E-state index contributed by atoms with van der Waals surface area (Å²) in [4.78, 5) is 17.7. The number of ether oxygens (including phenoxy) is 2. The molecule has 0 atom stereocenters. The van der Waals surface area contributed by atoms with Gasteiger partial charge >= 0.3 is 6.36 Å². The van der Waals surface area contributed by atoms with E-state index in [1.165, 1.54) is 41.2 Å². The average Bonchev–Trinajstić information content (AvgIpc) is 2.68. The van der Waals surface area contributed by atoms with Gasteiger partial charge in [-0.15, -0.1) is 13.2 Å². The first-order chi connectivity index (χ1) is 15.3. The molecule has 0 saturated carbocycles. The Morgan fingerprint density at radius 2 is 1.70 bits per heavy atom. The second kappa shape index (κ2) is 9.48. The highest BCUT2D eigenvalue weighted by Crippen LogP contribution is 2.30. The van der Waals surface area contributed by atoms with Gasteiger partial charge in [-0.05, 0) is 75.2 Å². The summed E-state index contributed by atoms with van der Waals surface area (Å²) in [6.07, 6.45) is -1.75. The minimum absolute atomic E-state index is 0.122. The monoisotopic (exact) mass is 480 g/mol. The maximum atomic E-state index is 13.0. The zero-order valence-electron chi connectivity index (χ0n) is 18.4. The second-order valence-electron chi connectivity index (χ2n) is 8.04. The summed E-state index contributed by atoms with van der Waals surface area (Å²) >= 11 is 1.04. The summed E-state index contributed by atoms with van der Waals surface area (Å²) in [6.45, 7) is 7.12. The topological polar surface area (TPSA) is 73.6 Å². The third-order valence-electron chi connectivity index (χ3n) is 4.37. The maximum absolute atomic E-state index is 13.0. The van der Waals surface area contributed by atoms with E-state index in [2.05, 4.69) is 9.72 Å². The third-order valence-corrected chi connectivity index (χ3v) is 5.36. The van der Waals surface area contributed by atoms with Gasteiger partial charge in [-0.3, -0.25) is 9.36 Å². The molecule has 2 aromatic carbocycles. The number of aryl methyl sites for hydroxylation is 2. The van der Waals surface area contributed by atoms with Crippen molar-refractivity contribution >= 4 is 11.8 Å². The van der Waals surface area contributed by atoms with E-state index in [9.17, 15) is 23.1 Å². The fourth-order valence-corrected chi connectivity index (χ4v) is 3.83. The zero-order chi connectivity index (χ0) is 24.4. The van der Waals surface area contributed by atoms with Gasteiger partial charge in [-0.25, -0.2) is 4.98 Å². The first kappa shape index (κ1) is 24.7. The van der Waals surface area contributed by atoms with E-state index < -0.39 is 12.0 Å². The summed E-state index contributed by atoms with van der Waals surface area (Å²) in [6, 6.07) is 8.80. The molecule has 0 aliphatic heterocycles. The highest BCUT2D eigenvalue weighted by atomic mass is 32.2. The molecule has 0 radical (unpaired) electrons. The van der Waals surface area contributed by atoms with Gasteiger partial charge in [0.25, 0.3) is 5.56 Å². The molecule has 0 unspecified atom stereocenters. The van der Waals surface area contributed by atoms with Crippen LogP contribution in [0.5, 0.6) is 11.5 Å². The van der Waals surface area contributed by atoms with Gasteiger partial charge in [0.15, 0.2) is 5.03 Å². The SMILES string of the molecule is Cc1cc(-n2ccnc(Sc3ccc(OC(F)(F)F)cc3)c2=O)cc(C)c1OCC(C)(C)O. The van der Waals surface area contributed by atoms with Crippen molar-refractivity contribution in [3.63, 3.8) is 0 Å². The van der Waals surface area contributed by atoms with Gasteiger partial charge in [-0.2, -0.15) is 0 Å². The van der Waals surface area contributed by atoms with E-state index in [0.717, 1.165) is 22.9 Å². The summed E-state index contributed by atoms with van der Waals surface area (Å²) < 4.78 is 48.0. The van der Waals surface area contributed by atoms with Crippen LogP contribution in [-0.2, 0) is 0 Å². The number of nitrogens with zero attached hydrogens (tertiary/aromatic N) is 2. The third kappa shape index (κ3) is 6.75. The van der Waals surface area contributed by atoms with Crippen LogP contribution in [0.2, 0.25) is 0 Å². The summed E-state index contributed by atoms with van der Waals surface area (Å²) in [5.41, 5.74) is 0.855. The molecule has 0 bridgehead atoms. The van der Waals surface area contributed by atoms with E-state index in [0.29, 0.717) is 16.3 Å². The predicted octanol–water partition coefficient (Wildman–Crippen LogP) is 5.05. The van der Waals surface area contributed by atoms with Crippen molar-refractivity contribution in [2.45, 2.75) is 49.6 Å². The Hall–Kier alpha value is -2.98. The van der Waals surface area contributed by atoms with Crippen LogP contribution in [0, 0.1) is 13.8 Å². The number of alkyl halides is 3. The predicted molar refractivity (Wildman–Crippen MR) is 118 cm³/mol. The Morgan fingerprint density at radius 3 is 2.24 bits per heavy atom. The zero-order valence-corrected chi connectivity index (χ0v) is 19.3. The van der Waals surface area contributed by atoms with Crippen molar-refractivity contribution in [1.82, 2.24) is 9.55 Å². The molecule has 10 heteroatoms. The molecule has 1 aromatic heterocycles. The molecule has 0 saturated heterocycles. The van der Waals surface area contributed by atoms with E-state index in [4.69, 9.17) is 4.74 Å². The summed E-state index contributed by atoms with van der Waals surface area (Å²) in [5, 5.41) is 10.1. The molecule has 0 amide bonds. The molecule has 176 valence electrons. The molecule has 0 aliphatic rings. The van der Waals surface area contributed by atoms with Crippen molar-refractivity contribution in [3.05, 3.63) is 70.3 Å². The molecule has 33 heavy (non-hydrogen) atoms.